The molecule has 0 atom stereocenters. The fourth-order valence-corrected chi connectivity index (χ4v) is 3.56. The van der Waals surface area contributed by atoms with Crippen molar-refractivity contribution in [2.24, 2.45) is 14.1 Å². The van der Waals surface area contributed by atoms with Crippen LogP contribution >= 0.6 is 23.2 Å². The molecule has 0 fully saturated rings. The number of fused-ring (bicyclic) bond motifs is 1. The first kappa shape index (κ1) is 18.4. The van der Waals surface area contributed by atoms with Crippen molar-refractivity contribution in [3.63, 3.8) is 0 Å². The number of hydrogen-bond acceptors (Lipinski definition) is 3. The number of hydrogen-bond donors (Lipinski definition) is 1. The molecule has 1 aromatic carbocycles. The van der Waals surface area contributed by atoms with Gasteiger partial charge in [-0.15, -0.1) is 0 Å². The molecule has 1 N–H and O–H groups in total. The molecule has 3 aromatic heterocycles. The first-order valence-electron chi connectivity index (χ1n) is 8.37. The van der Waals surface area contributed by atoms with E-state index in [0.717, 1.165) is 0 Å². The zero-order valence-corrected chi connectivity index (χ0v) is 16.5. The third-order valence-electron chi connectivity index (χ3n) is 4.53. The summed E-state index contributed by atoms with van der Waals surface area (Å²) in [6, 6.07) is 8.50. The fourth-order valence-electron chi connectivity index (χ4n) is 3.08. The first-order chi connectivity index (χ1) is 13.4. The number of aromatic nitrogens is 3. The average molecular weight is 416 g/mol. The minimum atomic E-state index is -0.356. The predicted octanol–water partition coefficient (Wildman–Crippen LogP) is 4.33. The number of rotatable bonds is 3. The second-order valence-corrected chi connectivity index (χ2v) is 7.17. The molecular formula is C20H15Cl2N3O3. The van der Waals surface area contributed by atoms with Gasteiger partial charge in [0.2, 0.25) is 5.75 Å². The summed E-state index contributed by atoms with van der Waals surface area (Å²) in [4.78, 5) is 28.2. The van der Waals surface area contributed by atoms with Gasteiger partial charge in [-0.1, -0.05) is 29.3 Å². The van der Waals surface area contributed by atoms with Gasteiger partial charge in [-0.3, -0.25) is 9.59 Å². The number of ether oxygens (including phenoxy) is 1. The Balaban J connectivity index is 2.02. The van der Waals surface area contributed by atoms with Crippen LogP contribution in [0, 0.1) is 0 Å². The molecule has 0 radical (unpaired) electrons. The summed E-state index contributed by atoms with van der Waals surface area (Å²) in [5.74, 6) is 0.270. The van der Waals surface area contributed by atoms with Crippen molar-refractivity contribution >= 4 is 34.1 Å². The van der Waals surface area contributed by atoms with E-state index in [0.29, 0.717) is 22.0 Å². The van der Waals surface area contributed by atoms with Crippen LogP contribution in [0.5, 0.6) is 11.5 Å². The normalized spacial score (nSPS) is 11.1. The van der Waals surface area contributed by atoms with Crippen LogP contribution in [0.25, 0.3) is 22.0 Å². The van der Waals surface area contributed by atoms with E-state index in [1.807, 2.05) is 0 Å². The molecule has 3 heterocycles. The highest BCUT2D eigenvalue weighted by atomic mass is 35.5. The lowest BCUT2D eigenvalue weighted by atomic mass is 10.0. The summed E-state index contributed by atoms with van der Waals surface area (Å²) < 4.78 is 8.80. The fraction of sp³-hybridized carbons (Fsp3) is 0.100. The number of nitrogens with one attached hydrogen (secondary N) is 1. The Bertz CT molecular complexity index is 1310. The largest absolute Gasteiger partial charge is 0.448 e. The number of aryl methyl sites for hydroxylation is 2. The van der Waals surface area contributed by atoms with Crippen molar-refractivity contribution in [1.29, 1.82) is 0 Å². The van der Waals surface area contributed by atoms with Crippen molar-refractivity contribution in [2.45, 2.75) is 0 Å². The number of H-pyrrole nitrogens is 1. The van der Waals surface area contributed by atoms with E-state index in [2.05, 4.69) is 4.98 Å². The highest BCUT2D eigenvalue weighted by molar-refractivity contribution is 6.37. The van der Waals surface area contributed by atoms with Crippen LogP contribution in [0.15, 0.2) is 58.5 Å². The van der Waals surface area contributed by atoms with Gasteiger partial charge in [0.25, 0.3) is 11.1 Å². The van der Waals surface area contributed by atoms with Gasteiger partial charge in [-0.05, 0) is 24.3 Å². The lowest BCUT2D eigenvalue weighted by Gasteiger charge is -2.15. The monoisotopic (exact) mass is 415 g/mol. The molecule has 28 heavy (non-hydrogen) atoms. The number of benzene rings is 1. The van der Waals surface area contributed by atoms with E-state index < -0.39 is 0 Å². The van der Waals surface area contributed by atoms with E-state index in [1.165, 1.54) is 9.13 Å². The Labute approximate surface area is 169 Å². The van der Waals surface area contributed by atoms with Crippen molar-refractivity contribution in [1.82, 2.24) is 14.1 Å². The van der Waals surface area contributed by atoms with Crippen molar-refractivity contribution in [3.8, 4) is 22.6 Å². The van der Waals surface area contributed by atoms with Gasteiger partial charge >= 0.3 is 0 Å². The third kappa shape index (κ3) is 2.91. The van der Waals surface area contributed by atoms with Crippen LogP contribution in [0.4, 0.5) is 0 Å². The molecule has 0 saturated carbocycles. The molecule has 0 saturated heterocycles. The molecular weight excluding hydrogens is 401 g/mol. The topological polar surface area (TPSA) is 69.0 Å². The van der Waals surface area contributed by atoms with Crippen molar-refractivity contribution < 1.29 is 4.74 Å². The van der Waals surface area contributed by atoms with Crippen LogP contribution in [-0.2, 0) is 14.1 Å². The smallest absolute Gasteiger partial charge is 0.293 e. The Morgan fingerprint density at radius 3 is 2.32 bits per heavy atom. The van der Waals surface area contributed by atoms with E-state index >= 15 is 0 Å². The standard InChI is InChI=1S/C20H15Cl2N3O3/c1-24-9-7-12(13-10-25(2)19(26)16-11(13)6-8-23-16)17(20(24)27)28-18-14(21)4-3-5-15(18)22/h3-10,23H,1-2H3. The van der Waals surface area contributed by atoms with E-state index in [4.69, 9.17) is 27.9 Å². The molecule has 142 valence electrons. The van der Waals surface area contributed by atoms with Gasteiger partial charge in [0.05, 0.1) is 10.0 Å². The molecule has 0 bridgehead atoms. The Hall–Kier alpha value is -2.96. The minimum absolute atomic E-state index is 0.0705. The van der Waals surface area contributed by atoms with E-state index in [1.54, 1.807) is 63.0 Å². The maximum absolute atomic E-state index is 12.9. The first-order valence-corrected chi connectivity index (χ1v) is 9.12. The predicted molar refractivity (Wildman–Crippen MR) is 111 cm³/mol. The number of nitrogens with zero attached hydrogens (tertiary/aromatic N) is 2. The summed E-state index contributed by atoms with van der Waals surface area (Å²) in [5.41, 5.74) is 1.13. The summed E-state index contributed by atoms with van der Waals surface area (Å²) in [5, 5.41) is 1.26. The van der Waals surface area contributed by atoms with Crippen LogP contribution in [0.1, 0.15) is 0 Å². The molecule has 0 aliphatic heterocycles. The van der Waals surface area contributed by atoms with Crippen molar-refractivity contribution in [3.05, 3.63) is 79.7 Å². The maximum atomic E-state index is 12.9. The zero-order valence-electron chi connectivity index (χ0n) is 15.0. The van der Waals surface area contributed by atoms with Crippen LogP contribution in [0.2, 0.25) is 10.0 Å². The van der Waals surface area contributed by atoms with Crippen LogP contribution in [-0.4, -0.2) is 14.1 Å². The second kappa shape index (κ2) is 6.89. The lowest BCUT2D eigenvalue weighted by molar-refractivity contribution is 0.472. The zero-order chi connectivity index (χ0) is 20.0. The minimum Gasteiger partial charge on any atom is -0.448 e. The Morgan fingerprint density at radius 2 is 1.61 bits per heavy atom. The van der Waals surface area contributed by atoms with E-state index in [-0.39, 0.29) is 32.7 Å². The maximum Gasteiger partial charge on any atom is 0.293 e. The molecule has 0 spiro atoms. The number of aromatic amines is 1. The van der Waals surface area contributed by atoms with Gasteiger partial charge in [0, 0.05) is 49.2 Å². The molecule has 4 aromatic rings. The summed E-state index contributed by atoms with van der Waals surface area (Å²) >= 11 is 12.4. The number of halogens is 2. The highest BCUT2D eigenvalue weighted by Gasteiger charge is 2.20. The van der Waals surface area contributed by atoms with Gasteiger partial charge < -0.3 is 18.9 Å². The molecule has 0 amide bonds. The van der Waals surface area contributed by atoms with Gasteiger partial charge in [-0.25, -0.2) is 0 Å². The third-order valence-corrected chi connectivity index (χ3v) is 5.13. The molecule has 0 aliphatic carbocycles. The Kier molecular flexibility index (Phi) is 4.53. The summed E-state index contributed by atoms with van der Waals surface area (Å²) in [6.45, 7) is 0. The summed E-state index contributed by atoms with van der Waals surface area (Å²) in [6.07, 6.45) is 5.00. The van der Waals surface area contributed by atoms with Crippen molar-refractivity contribution in [2.75, 3.05) is 0 Å². The highest BCUT2D eigenvalue weighted by Crippen LogP contribution is 2.39. The van der Waals surface area contributed by atoms with Gasteiger partial charge in [0.1, 0.15) is 5.52 Å². The summed E-state index contributed by atoms with van der Waals surface area (Å²) in [7, 11) is 3.28. The van der Waals surface area contributed by atoms with Crippen LogP contribution in [0.3, 0.4) is 0 Å². The number of para-hydroxylation sites is 1. The number of pyridine rings is 2. The van der Waals surface area contributed by atoms with Crippen LogP contribution < -0.4 is 15.9 Å². The van der Waals surface area contributed by atoms with Gasteiger partial charge in [0.15, 0.2) is 5.75 Å². The van der Waals surface area contributed by atoms with Gasteiger partial charge in [-0.2, -0.15) is 0 Å². The molecule has 0 aliphatic rings. The molecule has 0 unspecified atom stereocenters. The molecule has 6 nitrogen and oxygen atoms in total. The average Bonchev–Trinajstić information content (AvgIpc) is 3.15. The lowest BCUT2D eigenvalue weighted by Crippen LogP contribution is -2.19. The Morgan fingerprint density at radius 1 is 0.893 bits per heavy atom. The SMILES string of the molecule is Cn1ccc(-c2cn(C)c(=O)c3[nH]ccc23)c(Oc2c(Cl)cccc2Cl)c1=O. The quantitative estimate of drug-likeness (QED) is 0.541. The molecule has 4 rings (SSSR count). The second-order valence-electron chi connectivity index (χ2n) is 6.35. The molecule has 8 heteroatoms. The van der Waals surface area contributed by atoms with E-state index in [9.17, 15) is 9.59 Å².